The largest absolute Gasteiger partial charge is 0.300 e. The number of aryl methyl sites for hydroxylation is 1. The molecular weight excluding hydrogens is 376 g/mol. The molecule has 4 rings (SSSR count). The zero-order valence-corrected chi connectivity index (χ0v) is 17.9. The van der Waals surface area contributed by atoms with Gasteiger partial charge in [-0.1, -0.05) is 78.8 Å². The number of hydrogen-bond donors (Lipinski definition) is 0. The molecule has 0 aliphatic carbocycles. The van der Waals surface area contributed by atoms with Gasteiger partial charge in [-0.15, -0.1) is 10.2 Å². The highest BCUT2D eigenvalue weighted by atomic mass is 32.2. The molecule has 5 heteroatoms. The summed E-state index contributed by atoms with van der Waals surface area (Å²) in [5, 5.41) is 10.2. The molecule has 1 saturated heterocycles. The number of aromatic nitrogens is 3. The summed E-state index contributed by atoms with van der Waals surface area (Å²) in [5.41, 5.74) is 2.71. The molecule has 1 aliphatic rings. The molecule has 3 aromatic rings. The summed E-state index contributed by atoms with van der Waals surface area (Å²) >= 11 is 1.84. The van der Waals surface area contributed by atoms with Crippen LogP contribution in [0.25, 0.3) is 0 Å². The second-order valence-corrected chi connectivity index (χ2v) is 8.81. The van der Waals surface area contributed by atoms with Crippen LogP contribution in [0.5, 0.6) is 0 Å². The van der Waals surface area contributed by atoms with Crippen LogP contribution < -0.4 is 0 Å². The van der Waals surface area contributed by atoms with Crippen LogP contribution in [0, 0.1) is 0 Å². The first kappa shape index (κ1) is 20.2. The van der Waals surface area contributed by atoms with Gasteiger partial charge in [0.2, 0.25) is 0 Å². The fourth-order valence-corrected chi connectivity index (χ4v) is 4.77. The quantitative estimate of drug-likeness (QED) is 0.368. The van der Waals surface area contributed by atoms with E-state index in [9.17, 15) is 0 Å². The molecule has 1 fully saturated rings. The van der Waals surface area contributed by atoms with Gasteiger partial charge in [0.1, 0.15) is 5.82 Å². The zero-order chi connectivity index (χ0) is 19.7. The van der Waals surface area contributed by atoms with Gasteiger partial charge in [0.15, 0.2) is 5.16 Å². The van der Waals surface area contributed by atoms with Crippen molar-refractivity contribution in [2.75, 3.05) is 18.8 Å². The second-order valence-electron chi connectivity index (χ2n) is 7.74. The van der Waals surface area contributed by atoms with Crippen molar-refractivity contribution in [1.82, 2.24) is 19.7 Å². The summed E-state index contributed by atoms with van der Waals surface area (Å²) in [4.78, 5) is 2.53. The highest BCUT2D eigenvalue weighted by Gasteiger charge is 2.17. The summed E-state index contributed by atoms with van der Waals surface area (Å²) in [6.45, 7) is 4.11. The molecule has 4 nitrogen and oxygen atoms in total. The van der Waals surface area contributed by atoms with Gasteiger partial charge in [0.05, 0.1) is 13.1 Å². The van der Waals surface area contributed by atoms with Crippen molar-refractivity contribution in [3.63, 3.8) is 0 Å². The molecule has 0 saturated carbocycles. The van der Waals surface area contributed by atoms with Crippen molar-refractivity contribution in [1.29, 1.82) is 0 Å². The predicted molar refractivity (Wildman–Crippen MR) is 120 cm³/mol. The lowest BCUT2D eigenvalue weighted by atomic mass is 10.1. The van der Waals surface area contributed by atoms with Crippen LogP contribution in [0.4, 0.5) is 0 Å². The van der Waals surface area contributed by atoms with Gasteiger partial charge < -0.3 is 4.57 Å². The smallest absolute Gasteiger partial charge is 0.191 e. The Labute approximate surface area is 178 Å². The fourth-order valence-electron chi connectivity index (χ4n) is 3.87. The van der Waals surface area contributed by atoms with Crippen molar-refractivity contribution in [2.45, 2.75) is 50.4 Å². The van der Waals surface area contributed by atoms with E-state index in [0.29, 0.717) is 0 Å². The van der Waals surface area contributed by atoms with E-state index in [2.05, 4.69) is 80.3 Å². The second kappa shape index (κ2) is 10.6. The number of hydrogen-bond acceptors (Lipinski definition) is 4. The molecule has 152 valence electrons. The lowest BCUT2D eigenvalue weighted by Crippen LogP contribution is -2.30. The summed E-state index contributed by atoms with van der Waals surface area (Å²) in [6, 6.07) is 21.4. The van der Waals surface area contributed by atoms with Crippen LogP contribution in [0.3, 0.4) is 0 Å². The minimum absolute atomic E-state index is 0.845. The molecule has 0 radical (unpaired) electrons. The first-order valence-electron chi connectivity index (χ1n) is 10.7. The van der Waals surface area contributed by atoms with Crippen LogP contribution in [-0.2, 0) is 19.5 Å². The van der Waals surface area contributed by atoms with E-state index in [0.717, 1.165) is 42.7 Å². The van der Waals surface area contributed by atoms with Crippen LogP contribution in [0.1, 0.15) is 42.6 Å². The topological polar surface area (TPSA) is 34.0 Å². The van der Waals surface area contributed by atoms with Crippen molar-refractivity contribution in [2.24, 2.45) is 0 Å². The number of likely N-dealkylation sites (tertiary alicyclic amines) is 1. The van der Waals surface area contributed by atoms with E-state index in [1.54, 1.807) is 0 Å². The SMILES string of the molecule is c1ccc(CCCSc2nnc(CN3CCCCC3)n2Cc2ccccc2)cc1. The number of piperidine rings is 1. The standard InChI is InChI=1S/C24H30N4S/c1-4-11-21(12-5-1)15-10-18-29-24-26-25-23(20-27-16-8-3-9-17-27)28(24)19-22-13-6-2-7-14-22/h1-2,4-7,11-14H,3,8-10,15-20H2. The Bertz CT molecular complexity index is 857. The van der Waals surface area contributed by atoms with Gasteiger partial charge in [-0.3, -0.25) is 4.90 Å². The van der Waals surface area contributed by atoms with Gasteiger partial charge in [-0.25, -0.2) is 0 Å². The third-order valence-electron chi connectivity index (χ3n) is 5.47. The van der Waals surface area contributed by atoms with E-state index in [-0.39, 0.29) is 0 Å². The average molecular weight is 407 g/mol. The summed E-state index contributed by atoms with van der Waals surface area (Å²) in [7, 11) is 0. The zero-order valence-electron chi connectivity index (χ0n) is 17.0. The Kier molecular flexibility index (Phi) is 7.38. The maximum absolute atomic E-state index is 4.59. The Morgan fingerprint density at radius 1 is 0.759 bits per heavy atom. The molecule has 2 heterocycles. The van der Waals surface area contributed by atoms with Crippen LogP contribution in [0.2, 0.25) is 0 Å². The predicted octanol–water partition coefficient (Wildman–Crippen LogP) is 5.04. The molecule has 2 aromatic carbocycles. The third kappa shape index (κ3) is 5.94. The molecule has 29 heavy (non-hydrogen) atoms. The summed E-state index contributed by atoms with van der Waals surface area (Å²) < 4.78 is 2.33. The number of rotatable bonds is 9. The number of nitrogens with zero attached hydrogens (tertiary/aromatic N) is 4. The van der Waals surface area contributed by atoms with Crippen molar-refractivity contribution in [3.05, 3.63) is 77.6 Å². The lowest BCUT2D eigenvalue weighted by Gasteiger charge is -2.26. The van der Waals surface area contributed by atoms with E-state index in [4.69, 9.17) is 0 Å². The Morgan fingerprint density at radius 3 is 2.17 bits per heavy atom. The van der Waals surface area contributed by atoms with Gasteiger partial charge >= 0.3 is 0 Å². The summed E-state index contributed by atoms with van der Waals surface area (Å²) in [6.07, 6.45) is 6.22. The molecule has 1 aliphatic heterocycles. The first-order valence-corrected chi connectivity index (χ1v) is 11.7. The first-order chi connectivity index (χ1) is 14.4. The van der Waals surface area contributed by atoms with E-state index < -0.39 is 0 Å². The molecule has 0 N–H and O–H groups in total. The van der Waals surface area contributed by atoms with Crippen LogP contribution in [0.15, 0.2) is 65.8 Å². The van der Waals surface area contributed by atoms with Crippen molar-refractivity contribution in [3.8, 4) is 0 Å². The van der Waals surface area contributed by atoms with Crippen molar-refractivity contribution < 1.29 is 0 Å². The Morgan fingerprint density at radius 2 is 1.45 bits per heavy atom. The molecule has 1 aromatic heterocycles. The van der Waals surface area contributed by atoms with E-state index in [1.165, 1.54) is 43.5 Å². The highest BCUT2D eigenvalue weighted by molar-refractivity contribution is 7.99. The average Bonchev–Trinajstić information content (AvgIpc) is 3.14. The fraction of sp³-hybridized carbons (Fsp3) is 0.417. The molecule has 0 amide bonds. The van der Waals surface area contributed by atoms with Gasteiger partial charge in [-0.2, -0.15) is 0 Å². The molecule has 0 atom stereocenters. The van der Waals surface area contributed by atoms with E-state index >= 15 is 0 Å². The minimum atomic E-state index is 0.845. The van der Waals surface area contributed by atoms with Gasteiger partial charge in [0, 0.05) is 5.75 Å². The highest BCUT2D eigenvalue weighted by Crippen LogP contribution is 2.22. The maximum atomic E-state index is 4.59. The normalized spacial score (nSPS) is 14.9. The molecule has 0 spiro atoms. The van der Waals surface area contributed by atoms with Crippen LogP contribution >= 0.6 is 11.8 Å². The number of thioether (sulfide) groups is 1. The monoisotopic (exact) mass is 406 g/mol. The molecule has 0 bridgehead atoms. The molecule has 0 unspecified atom stereocenters. The van der Waals surface area contributed by atoms with Gasteiger partial charge in [-0.05, 0) is 49.9 Å². The summed E-state index contributed by atoms with van der Waals surface area (Å²) in [5.74, 6) is 2.16. The van der Waals surface area contributed by atoms with Crippen molar-refractivity contribution >= 4 is 11.8 Å². The molecular formula is C24H30N4S. The van der Waals surface area contributed by atoms with E-state index in [1.807, 2.05) is 11.8 Å². The third-order valence-corrected chi connectivity index (χ3v) is 6.53. The Hall–Kier alpha value is -2.11. The van der Waals surface area contributed by atoms with Gasteiger partial charge in [0.25, 0.3) is 0 Å². The number of benzene rings is 2. The maximum Gasteiger partial charge on any atom is 0.191 e. The lowest BCUT2D eigenvalue weighted by molar-refractivity contribution is 0.213. The minimum Gasteiger partial charge on any atom is -0.300 e. The van der Waals surface area contributed by atoms with Crippen LogP contribution in [-0.4, -0.2) is 38.5 Å². The Balaban J connectivity index is 1.42.